The van der Waals surface area contributed by atoms with E-state index in [1.54, 1.807) is 0 Å². The Hall–Kier alpha value is -0.340. The Morgan fingerprint density at radius 1 is 1.43 bits per heavy atom. The number of nitrogens with zero attached hydrogens (tertiary/aromatic N) is 3. The highest BCUT2D eigenvalue weighted by Crippen LogP contribution is 2.31. The normalized spacial score (nSPS) is 22.0. The topological polar surface area (TPSA) is 30.9 Å². The summed E-state index contributed by atoms with van der Waals surface area (Å²) in [4.78, 5) is 10.8. The third kappa shape index (κ3) is 5.60. The summed E-state index contributed by atoms with van der Waals surface area (Å²) in [5.74, 6) is 1.81. The van der Waals surface area contributed by atoms with Gasteiger partial charge >= 0.3 is 0 Å². The first-order valence-electron chi connectivity index (χ1n) is 8.44. The molecule has 1 N–H and O–H groups in total. The molecule has 23 heavy (non-hydrogen) atoms. The molecule has 3 rings (SSSR count). The monoisotopic (exact) mass is 448 g/mol. The molecule has 0 bridgehead atoms. The molecule has 2 fully saturated rings. The number of guanidine groups is 1. The molecule has 2 aliphatic rings. The van der Waals surface area contributed by atoms with Crippen molar-refractivity contribution >= 4 is 41.3 Å². The molecule has 1 aliphatic heterocycles. The van der Waals surface area contributed by atoms with Crippen LogP contribution in [0.3, 0.4) is 0 Å². The van der Waals surface area contributed by atoms with Gasteiger partial charge in [0.05, 0.1) is 0 Å². The summed E-state index contributed by atoms with van der Waals surface area (Å²) in [6.07, 6.45) is 5.27. The molecule has 2 heterocycles. The lowest BCUT2D eigenvalue weighted by Gasteiger charge is -2.23. The van der Waals surface area contributed by atoms with E-state index in [1.165, 1.54) is 37.2 Å². The third-order valence-electron chi connectivity index (χ3n) is 4.78. The van der Waals surface area contributed by atoms with Crippen molar-refractivity contribution in [2.45, 2.75) is 31.7 Å². The van der Waals surface area contributed by atoms with Crippen LogP contribution in [0.1, 0.15) is 24.1 Å². The maximum atomic E-state index is 4.44. The standard InChI is InChI=1S/C17H28N4S.HI/c1-18-17(20(2)9-8-16-4-3-11-22-16)19-12-14-7-10-21(13-14)15-5-6-15;/h3-4,11,14-15H,5-10,12-13H2,1-2H3,(H,18,19);1H. The van der Waals surface area contributed by atoms with E-state index in [-0.39, 0.29) is 24.0 Å². The Bertz CT molecular complexity index is 487. The number of nitrogens with one attached hydrogen (secondary N) is 1. The van der Waals surface area contributed by atoms with Gasteiger partial charge in [-0.1, -0.05) is 6.07 Å². The van der Waals surface area contributed by atoms with Gasteiger partial charge in [0.2, 0.25) is 0 Å². The van der Waals surface area contributed by atoms with Crippen molar-refractivity contribution < 1.29 is 0 Å². The molecule has 1 atom stereocenters. The van der Waals surface area contributed by atoms with Crippen LogP contribution in [0.4, 0.5) is 0 Å². The van der Waals surface area contributed by atoms with Crippen molar-refractivity contribution in [1.29, 1.82) is 0 Å². The van der Waals surface area contributed by atoms with E-state index in [2.05, 4.69) is 44.7 Å². The average Bonchev–Trinajstić information content (AvgIpc) is 3.05. The number of likely N-dealkylation sites (N-methyl/N-ethyl adjacent to an activating group) is 1. The van der Waals surface area contributed by atoms with E-state index < -0.39 is 0 Å². The van der Waals surface area contributed by atoms with Crippen LogP contribution < -0.4 is 5.32 Å². The lowest BCUT2D eigenvalue weighted by molar-refractivity contribution is 0.313. The summed E-state index contributed by atoms with van der Waals surface area (Å²) >= 11 is 1.83. The molecule has 1 aliphatic carbocycles. The fourth-order valence-corrected chi connectivity index (χ4v) is 3.96. The third-order valence-corrected chi connectivity index (χ3v) is 5.71. The van der Waals surface area contributed by atoms with Gasteiger partial charge in [0.25, 0.3) is 0 Å². The Kier molecular flexibility index (Phi) is 7.62. The van der Waals surface area contributed by atoms with E-state index in [0.29, 0.717) is 0 Å². The SMILES string of the molecule is CN=C(NCC1CCN(C2CC2)C1)N(C)CCc1cccs1.I. The lowest BCUT2D eigenvalue weighted by Crippen LogP contribution is -2.42. The first kappa shape index (κ1) is 19.0. The van der Waals surface area contributed by atoms with Gasteiger partial charge in [-0.25, -0.2) is 0 Å². The fourth-order valence-electron chi connectivity index (χ4n) is 3.26. The quantitative estimate of drug-likeness (QED) is 0.413. The van der Waals surface area contributed by atoms with Gasteiger partial charge in [0, 0.05) is 44.6 Å². The van der Waals surface area contributed by atoms with Gasteiger partial charge in [-0.05, 0) is 49.6 Å². The van der Waals surface area contributed by atoms with Crippen LogP contribution in [0, 0.1) is 5.92 Å². The molecule has 0 amide bonds. The molecule has 1 saturated carbocycles. The highest BCUT2D eigenvalue weighted by atomic mass is 127. The van der Waals surface area contributed by atoms with Crippen molar-refractivity contribution in [3.63, 3.8) is 0 Å². The lowest BCUT2D eigenvalue weighted by atomic mass is 10.1. The zero-order valence-corrected chi connectivity index (χ0v) is 17.3. The molecule has 130 valence electrons. The van der Waals surface area contributed by atoms with Gasteiger partial charge in [-0.3, -0.25) is 4.99 Å². The minimum absolute atomic E-state index is 0. The van der Waals surface area contributed by atoms with Gasteiger partial charge in [0.1, 0.15) is 0 Å². The Balaban J connectivity index is 0.00000192. The number of likely N-dealkylation sites (tertiary alicyclic amines) is 1. The van der Waals surface area contributed by atoms with Crippen molar-refractivity contribution in [2.24, 2.45) is 10.9 Å². The fraction of sp³-hybridized carbons (Fsp3) is 0.706. The molecule has 1 saturated heterocycles. The summed E-state index contributed by atoms with van der Waals surface area (Å²) in [6, 6.07) is 5.25. The average molecular weight is 448 g/mol. The van der Waals surface area contributed by atoms with Crippen LogP contribution in [-0.4, -0.2) is 62.1 Å². The smallest absolute Gasteiger partial charge is 0.193 e. The first-order valence-corrected chi connectivity index (χ1v) is 9.32. The second-order valence-corrected chi connectivity index (χ2v) is 7.59. The number of aliphatic imine (C=N–C) groups is 1. The van der Waals surface area contributed by atoms with E-state index in [0.717, 1.165) is 37.4 Å². The Morgan fingerprint density at radius 2 is 2.26 bits per heavy atom. The highest BCUT2D eigenvalue weighted by molar-refractivity contribution is 14.0. The second-order valence-electron chi connectivity index (χ2n) is 6.56. The zero-order chi connectivity index (χ0) is 15.4. The minimum atomic E-state index is 0. The van der Waals surface area contributed by atoms with Crippen LogP contribution in [0.2, 0.25) is 0 Å². The molecule has 4 nitrogen and oxygen atoms in total. The number of rotatable bonds is 6. The molecule has 1 aromatic rings. The number of halogens is 1. The molecule has 0 aromatic carbocycles. The Labute approximate surface area is 161 Å². The number of thiophene rings is 1. The maximum Gasteiger partial charge on any atom is 0.193 e. The van der Waals surface area contributed by atoms with Crippen LogP contribution in [0.15, 0.2) is 22.5 Å². The van der Waals surface area contributed by atoms with Crippen LogP contribution in [0.25, 0.3) is 0 Å². The molecule has 1 unspecified atom stereocenters. The van der Waals surface area contributed by atoms with Gasteiger partial charge < -0.3 is 15.1 Å². The number of hydrogen-bond donors (Lipinski definition) is 1. The van der Waals surface area contributed by atoms with E-state index in [9.17, 15) is 0 Å². The second kappa shape index (κ2) is 9.22. The predicted octanol–water partition coefficient (Wildman–Crippen LogP) is 2.90. The molecule has 0 spiro atoms. The zero-order valence-electron chi connectivity index (χ0n) is 14.2. The Morgan fingerprint density at radius 3 is 2.91 bits per heavy atom. The van der Waals surface area contributed by atoms with Crippen LogP contribution in [-0.2, 0) is 6.42 Å². The van der Waals surface area contributed by atoms with E-state index >= 15 is 0 Å². The molecular formula is C17H29IN4S. The van der Waals surface area contributed by atoms with Gasteiger partial charge in [-0.2, -0.15) is 0 Å². The first-order chi connectivity index (χ1) is 10.8. The minimum Gasteiger partial charge on any atom is -0.356 e. The molecule has 0 radical (unpaired) electrons. The van der Waals surface area contributed by atoms with Gasteiger partial charge in [-0.15, -0.1) is 35.3 Å². The van der Waals surface area contributed by atoms with Crippen molar-refractivity contribution in [2.75, 3.05) is 40.3 Å². The van der Waals surface area contributed by atoms with Gasteiger partial charge in [0.15, 0.2) is 5.96 Å². The largest absolute Gasteiger partial charge is 0.356 e. The summed E-state index contributed by atoms with van der Waals surface area (Å²) in [5, 5.41) is 5.72. The van der Waals surface area contributed by atoms with Crippen molar-refractivity contribution in [3.8, 4) is 0 Å². The van der Waals surface area contributed by atoms with Crippen molar-refractivity contribution in [3.05, 3.63) is 22.4 Å². The summed E-state index contributed by atoms with van der Waals surface area (Å²) in [6.45, 7) is 4.63. The van der Waals surface area contributed by atoms with Crippen molar-refractivity contribution in [1.82, 2.24) is 15.1 Å². The highest BCUT2D eigenvalue weighted by Gasteiger charge is 2.34. The van der Waals surface area contributed by atoms with E-state index in [4.69, 9.17) is 0 Å². The summed E-state index contributed by atoms with van der Waals surface area (Å²) in [7, 11) is 4.02. The molecule has 1 aromatic heterocycles. The summed E-state index contributed by atoms with van der Waals surface area (Å²) in [5.41, 5.74) is 0. The molecule has 6 heteroatoms. The van der Waals surface area contributed by atoms with Crippen LogP contribution >= 0.6 is 35.3 Å². The maximum absolute atomic E-state index is 4.44. The predicted molar refractivity (Wildman–Crippen MR) is 110 cm³/mol. The van der Waals surface area contributed by atoms with E-state index in [1.807, 2.05) is 18.4 Å². The summed E-state index contributed by atoms with van der Waals surface area (Å²) < 4.78 is 0. The van der Waals surface area contributed by atoms with Crippen LogP contribution in [0.5, 0.6) is 0 Å². The molecular weight excluding hydrogens is 419 g/mol. The number of hydrogen-bond acceptors (Lipinski definition) is 3.